The minimum absolute atomic E-state index is 1.11. The van der Waals surface area contributed by atoms with Gasteiger partial charge in [-0.1, -0.05) is 158 Å². The number of hydrogen-bond acceptors (Lipinski definition) is 1. The second-order valence-electron chi connectivity index (χ2n) is 13.3. The molecule has 0 radical (unpaired) electrons. The second kappa shape index (κ2) is 12.0. The van der Waals surface area contributed by atoms with Crippen LogP contribution in [0.25, 0.3) is 76.1 Å². The fraction of sp³-hybridized carbons (Fsp3) is 0. The zero-order valence-corrected chi connectivity index (χ0v) is 28.0. The van der Waals surface area contributed by atoms with E-state index in [4.69, 9.17) is 0 Å². The number of benzene rings is 10. The van der Waals surface area contributed by atoms with Crippen LogP contribution in [0.1, 0.15) is 0 Å². The van der Waals surface area contributed by atoms with Gasteiger partial charge in [-0.2, -0.15) is 0 Å². The molecule has 10 rings (SSSR count). The Morgan fingerprint density at radius 1 is 0.235 bits per heavy atom. The van der Waals surface area contributed by atoms with E-state index >= 15 is 0 Å². The second-order valence-corrected chi connectivity index (χ2v) is 13.3. The summed E-state index contributed by atoms with van der Waals surface area (Å²) in [4.78, 5) is 2.40. The molecule has 0 heterocycles. The van der Waals surface area contributed by atoms with Crippen LogP contribution in [0.2, 0.25) is 0 Å². The SMILES string of the molecule is c1cc(-c2ccc3ccccc3c2)cc(N(c2ccc(-c3ccc4c5ccccc5c5ccccc5c4c3)cc2)c2cccc3ccccc23)c1. The minimum atomic E-state index is 1.11. The Kier molecular flexibility index (Phi) is 6.89. The van der Waals surface area contributed by atoms with E-state index in [-0.39, 0.29) is 0 Å². The Morgan fingerprint density at radius 3 is 1.49 bits per heavy atom. The number of hydrogen-bond donors (Lipinski definition) is 0. The van der Waals surface area contributed by atoms with E-state index in [1.807, 2.05) is 0 Å². The monoisotopic (exact) mass is 647 g/mol. The van der Waals surface area contributed by atoms with Crippen LogP contribution in [0, 0.1) is 0 Å². The van der Waals surface area contributed by atoms with Gasteiger partial charge in [-0.05, 0) is 113 Å². The van der Waals surface area contributed by atoms with Crippen molar-refractivity contribution in [2.24, 2.45) is 0 Å². The first-order valence-electron chi connectivity index (χ1n) is 17.6. The maximum absolute atomic E-state index is 2.40. The predicted molar refractivity (Wildman–Crippen MR) is 220 cm³/mol. The molecule has 10 aromatic rings. The molecule has 0 aliphatic rings. The van der Waals surface area contributed by atoms with E-state index in [1.165, 1.54) is 76.1 Å². The molecule has 0 bridgehead atoms. The summed E-state index contributed by atoms with van der Waals surface area (Å²) in [6, 6.07) is 73.0. The number of rotatable bonds is 5. The fourth-order valence-corrected chi connectivity index (χ4v) is 7.91. The van der Waals surface area contributed by atoms with Crippen molar-refractivity contribution < 1.29 is 0 Å². The van der Waals surface area contributed by atoms with Gasteiger partial charge in [0, 0.05) is 16.8 Å². The summed E-state index contributed by atoms with van der Waals surface area (Å²) >= 11 is 0. The van der Waals surface area contributed by atoms with Crippen molar-refractivity contribution in [2.45, 2.75) is 0 Å². The highest BCUT2D eigenvalue weighted by Crippen LogP contribution is 2.42. The van der Waals surface area contributed by atoms with Gasteiger partial charge in [-0.3, -0.25) is 0 Å². The summed E-state index contributed by atoms with van der Waals surface area (Å²) in [7, 11) is 0. The molecule has 51 heavy (non-hydrogen) atoms. The molecule has 0 aromatic heterocycles. The van der Waals surface area contributed by atoms with E-state index < -0.39 is 0 Å². The average molecular weight is 648 g/mol. The standard InChI is InChI=1S/C50H33N/c1-2-13-37-31-39(24-23-34(37)11-1)38-15-9-16-42(32-38)51(50-22-10-14-36-12-3-4-17-43(36)50)41-28-25-35(26-29-41)40-27-30-48-46-20-6-5-18-44(46)45-19-7-8-21-47(45)49(48)33-40/h1-33H. The van der Waals surface area contributed by atoms with Crippen molar-refractivity contribution in [3.8, 4) is 22.3 Å². The van der Waals surface area contributed by atoms with Crippen LogP contribution in [0.3, 0.4) is 0 Å². The van der Waals surface area contributed by atoms with Gasteiger partial charge in [0.1, 0.15) is 0 Å². The molecule has 0 aliphatic heterocycles. The van der Waals surface area contributed by atoms with Crippen LogP contribution >= 0.6 is 0 Å². The van der Waals surface area contributed by atoms with Crippen molar-refractivity contribution in [3.63, 3.8) is 0 Å². The first-order valence-corrected chi connectivity index (χ1v) is 17.6. The quantitative estimate of drug-likeness (QED) is 0.168. The van der Waals surface area contributed by atoms with E-state index in [0.717, 1.165) is 17.1 Å². The van der Waals surface area contributed by atoms with E-state index in [9.17, 15) is 0 Å². The molecule has 0 saturated heterocycles. The highest BCUT2D eigenvalue weighted by atomic mass is 15.1. The fourth-order valence-electron chi connectivity index (χ4n) is 7.91. The number of anilines is 3. The number of fused-ring (bicyclic) bond motifs is 8. The molecule has 0 atom stereocenters. The molecule has 0 aliphatic carbocycles. The third-order valence-electron chi connectivity index (χ3n) is 10.4. The molecule has 0 unspecified atom stereocenters. The lowest BCUT2D eigenvalue weighted by molar-refractivity contribution is 1.30. The van der Waals surface area contributed by atoms with Crippen molar-refractivity contribution in [2.75, 3.05) is 4.90 Å². The number of nitrogens with zero attached hydrogens (tertiary/aromatic N) is 1. The van der Waals surface area contributed by atoms with Crippen LogP contribution in [0.15, 0.2) is 200 Å². The van der Waals surface area contributed by atoms with Gasteiger partial charge >= 0.3 is 0 Å². The van der Waals surface area contributed by atoms with Gasteiger partial charge in [0.15, 0.2) is 0 Å². The van der Waals surface area contributed by atoms with Crippen molar-refractivity contribution in [1.29, 1.82) is 0 Å². The summed E-state index contributed by atoms with van der Waals surface area (Å²) in [5, 5.41) is 12.7. The maximum Gasteiger partial charge on any atom is 0.0540 e. The summed E-state index contributed by atoms with van der Waals surface area (Å²) in [6.45, 7) is 0. The van der Waals surface area contributed by atoms with Crippen LogP contribution in [0.4, 0.5) is 17.1 Å². The average Bonchev–Trinajstić information content (AvgIpc) is 3.21. The zero-order chi connectivity index (χ0) is 33.7. The smallest absolute Gasteiger partial charge is 0.0540 e. The topological polar surface area (TPSA) is 3.24 Å². The highest BCUT2D eigenvalue weighted by Gasteiger charge is 2.17. The maximum atomic E-state index is 2.40. The molecule has 10 aromatic carbocycles. The molecule has 1 nitrogen and oxygen atoms in total. The van der Waals surface area contributed by atoms with Gasteiger partial charge in [-0.25, -0.2) is 0 Å². The van der Waals surface area contributed by atoms with Crippen LogP contribution in [-0.2, 0) is 0 Å². The van der Waals surface area contributed by atoms with Gasteiger partial charge in [0.25, 0.3) is 0 Å². The molecule has 0 amide bonds. The van der Waals surface area contributed by atoms with Gasteiger partial charge < -0.3 is 4.90 Å². The van der Waals surface area contributed by atoms with Gasteiger partial charge in [0.2, 0.25) is 0 Å². The first-order chi connectivity index (χ1) is 25.3. The summed E-state index contributed by atoms with van der Waals surface area (Å²) in [5.41, 5.74) is 8.19. The third-order valence-corrected chi connectivity index (χ3v) is 10.4. The summed E-state index contributed by atoms with van der Waals surface area (Å²) in [6.07, 6.45) is 0. The van der Waals surface area contributed by atoms with Gasteiger partial charge in [0.05, 0.1) is 5.69 Å². The van der Waals surface area contributed by atoms with Crippen LogP contribution < -0.4 is 4.90 Å². The Labute approximate surface area is 297 Å². The van der Waals surface area contributed by atoms with Gasteiger partial charge in [-0.15, -0.1) is 0 Å². The highest BCUT2D eigenvalue weighted by molar-refractivity contribution is 6.25. The molecule has 238 valence electrons. The van der Waals surface area contributed by atoms with Crippen molar-refractivity contribution in [1.82, 2.24) is 0 Å². The summed E-state index contributed by atoms with van der Waals surface area (Å²) < 4.78 is 0. The lowest BCUT2D eigenvalue weighted by atomic mass is 9.92. The summed E-state index contributed by atoms with van der Waals surface area (Å²) in [5.74, 6) is 0. The normalized spacial score (nSPS) is 11.5. The Hall–Kier alpha value is -6.70. The molecule has 1 heteroatoms. The first kappa shape index (κ1) is 29.2. The van der Waals surface area contributed by atoms with E-state index in [1.54, 1.807) is 0 Å². The molecule has 0 saturated carbocycles. The van der Waals surface area contributed by atoms with E-state index in [2.05, 4.69) is 205 Å². The Morgan fingerprint density at radius 2 is 0.745 bits per heavy atom. The lowest BCUT2D eigenvalue weighted by Gasteiger charge is -2.27. The van der Waals surface area contributed by atoms with Crippen LogP contribution in [-0.4, -0.2) is 0 Å². The zero-order valence-electron chi connectivity index (χ0n) is 28.0. The Balaban J connectivity index is 1.10. The molecular weight excluding hydrogens is 615 g/mol. The lowest BCUT2D eigenvalue weighted by Crippen LogP contribution is -2.10. The Bertz CT molecular complexity index is 2880. The molecule has 0 N–H and O–H groups in total. The molecule has 0 spiro atoms. The molecule has 0 fully saturated rings. The minimum Gasteiger partial charge on any atom is -0.310 e. The van der Waals surface area contributed by atoms with Crippen molar-refractivity contribution >= 4 is 70.9 Å². The van der Waals surface area contributed by atoms with E-state index in [0.29, 0.717) is 0 Å². The molecular formula is C50H33N. The van der Waals surface area contributed by atoms with Crippen LogP contribution in [0.5, 0.6) is 0 Å². The van der Waals surface area contributed by atoms with Crippen molar-refractivity contribution in [3.05, 3.63) is 200 Å². The third kappa shape index (κ3) is 5.02. The predicted octanol–water partition coefficient (Wildman–Crippen LogP) is 14.3. The largest absolute Gasteiger partial charge is 0.310 e.